The molecule has 0 aliphatic carbocycles. The lowest BCUT2D eigenvalue weighted by molar-refractivity contribution is 0.0949. The highest BCUT2D eigenvalue weighted by molar-refractivity contribution is 5.93. The van der Waals surface area contributed by atoms with Crippen LogP contribution in [-0.2, 0) is 12.8 Å². The van der Waals surface area contributed by atoms with Crippen LogP contribution in [0, 0.1) is 0 Å². The first-order valence-corrected chi connectivity index (χ1v) is 7.86. The Hall–Kier alpha value is -3.09. The molecule has 0 saturated carbocycles. The molecule has 1 aliphatic heterocycles. The zero-order valence-electron chi connectivity index (χ0n) is 13.0. The van der Waals surface area contributed by atoms with Gasteiger partial charge in [-0.15, -0.1) is 0 Å². The van der Waals surface area contributed by atoms with Crippen LogP contribution in [0.1, 0.15) is 21.7 Å². The molecule has 0 saturated heterocycles. The fourth-order valence-corrected chi connectivity index (χ4v) is 2.76. The fraction of sp³-hybridized carbons (Fsp3) is 0.235. The van der Waals surface area contributed by atoms with E-state index in [1.54, 1.807) is 18.6 Å². The van der Waals surface area contributed by atoms with Crippen molar-refractivity contribution in [2.75, 3.05) is 13.2 Å². The number of fused-ring (bicyclic) bond motifs is 1. The first-order valence-electron chi connectivity index (χ1n) is 7.86. The van der Waals surface area contributed by atoms with Crippen molar-refractivity contribution in [2.45, 2.75) is 12.8 Å². The molecular weight excluding hydrogens is 306 g/mol. The first kappa shape index (κ1) is 14.5. The number of nitrogens with zero attached hydrogens (tertiary/aromatic N) is 2. The van der Waals surface area contributed by atoms with E-state index in [0.717, 1.165) is 35.7 Å². The lowest BCUT2D eigenvalue weighted by atomic mass is 10.1. The first-order chi connectivity index (χ1) is 11.8. The van der Waals surface area contributed by atoms with E-state index >= 15 is 0 Å². The standard InChI is InChI=1S/C17H17N5O2/c23-17(19-5-3-13-9-18-10-20-13)15-8-14(21-22-15)11-1-2-16-12(7-11)4-6-24-16/h1-2,7-10H,3-6H2,(H,18,20)(H,19,23)(H,21,22). The van der Waals surface area contributed by atoms with Crippen LogP contribution in [0.4, 0.5) is 0 Å². The molecule has 122 valence electrons. The number of rotatable bonds is 5. The fourth-order valence-electron chi connectivity index (χ4n) is 2.76. The Morgan fingerprint density at radius 3 is 3.17 bits per heavy atom. The van der Waals surface area contributed by atoms with Crippen LogP contribution in [0.3, 0.4) is 0 Å². The van der Waals surface area contributed by atoms with Crippen molar-refractivity contribution in [3.8, 4) is 17.0 Å². The lowest BCUT2D eigenvalue weighted by Gasteiger charge is -2.02. The predicted octanol–water partition coefficient (Wildman–Crippen LogP) is 1.71. The number of benzene rings is 1. The summed E-state index contributed by atoms with van der Waals surface area (Å²) >= 11 is 0. The second-order valence-corrected chi connectivity index (χ2v) is 5.67. The highest BCUT2D eigenvalue weighted by Gasteiger charge is 2.15. The number of carbonyl (C=O) groups excluding carboxylic acids is 1. The van der Waals surface area contributed by atoms with Crippen LogP contribution in [0.2, 0.25) is 0 Å². The third kappa shape index (κ3) is 2.88. The van der Waals surface area contributed by atoms with E-state index in [2.05, 4.69) is 31.5 Å². The maximum Gasteiger partial charge on any atom is 0.269 e. The maximum atomic E-state index is 12.2. The van der Waals surface area contributed by atoms with Gasteiger partial charge in [-0.1, -0.05) is 0 Å². The van der Waals surface area contributed by atoms with E-state index in [-0.39, 0.29) is 5.91 Å². The van der Waals surface area contributed by atoms with Gasteiger partial charge >= 0.3 is 0 Å². The highest BCUT2D eigenvalue weighted by atomic mass is 16.5. The third-order valence-electron chi connectivity index (χ3n) is 4.04. The van der Waals surface area contributed by atoms with Crippen molar-refractivity contribution in [2.24, 2.45) is 0 Å². The quantitative estimate of drug-likeness (QED) is 0.666. The number of hydrogen-bond donors (Lipinski definition) is 3. The predicted molar refractivity (Wildman–Crippen MR) is 87.8 cm³/mol. The number of ether oxygens (including phenoxy) is 1. The smallest absolute Gasteiger partial charge is 0.269 e. The molecular formula is C17H17N5O2. The summed E-state index contributed by atoms with van der Waals surface area (Å²) in [6, 6.07) is 7.75. The van der Waals surface area contributed by atoms with Crippen molar-refractivity contribution in [1.29, 1.82) is 0 Å². The number of aromatic amines is 2. The highest BCUT2D eigenvalue weighted by Crippen LogP contribution is 2.29. The van der Waals surface area contributed by atoms with E-state index in [1.807, 2.05) is 12.1 Å². The zero-order chi connectivity index (χ0) is 16.4. The molecule has 1 aromatic carbocycles. The number of amides is 1. The summed E-state index contributed by atoms with van der Waals surface area (Å²) in [5.74, 6) is 0.767. The second-order valence-electron chi connectivity index (χ2n) is 5.67. The zero-order valence-corrected chi connectivity index (χ0v) is 13.0. The van der Waals surface area contributed by atoms with Gasteiger partial charge < -0.3 is 15.0 Å². The Kier molecular flexibility index (Phi) is 3.74. The maximum absolute atomic E-state index is 12.2. The van der Waals surface area contributed by atoms with Gasteiger partial charge in [-0.2, -0.15) is 5.10 Å². The molecule has 0 unspecified atom stereocenters. The summed E-state index contributed by atoms with van der Waals surface area (Å²) < 4.78 is 5.51. The molecule has 7 heteroatoms. The van der Waals surface area contributed by atoms with Gasteiger partial charge in [0.15, 0.2) is 0 Å². The van der Waals surface area contributed by atoms with Gasteiger partial charge in [-0.3, -0.25) is 9.89 Å². The van der Waals surface area contributed by atoms with Crippen molar-refractivity contribution < 1.29 is 9.53 Å². The minimum Gasteiger partial charge on any atom is -0.493 e. The number of imidazole rings is 1. The van der Waals surface area contributed by atoms with Crippen LogP contribution < -0.4 is 10.1 Å². The van der Waals surface area contributed by atoms with E-state index < -0.39 is 0 Å². The molecule has 3 heterocycles. The summed E-state index contributed by atoms with van der Waals surface area (Å²) in [5.41, 5.74) is 4.35. The van der Waals surface area contributed by atoms with Crippen LogP contribution in [-0.4, -0.2) is 39.2 Å². The second kappa shape index (κ2) is 6.19. The van der Waals surface area contributed by atoms with Crippen LogP contribution in [0.25, 0.3) is 11.3 Å². The van der Waals surface area contributed by atoms with E-state index in [1.165, 1.54) is 5.56 Å². The average Bonchev–Trinajstić information content (AvgIpc) is 3.34. The largest absolute Gasteiger partial charge is 0.493 e. The normalized spacial score (nSPS) is 12.7. The number of carbonyl (C=O) groups is 1. The molecule has 7 nitrogen and oxygen atoms in total. The van der Waals surface area contributed by atoms with E-state index in [4.69, 9.17) is 4.74 Å². The molecule has 1 aliphatic rings. The number of aromatic nitrogens is 4. The lowest BCUT2D eigenvalue weighted by Crippen LogP contribution is -2.26. The monoisotopic (exact) mass is 323 g/mol. The Morgan fingerprint density at radius 2 is 2.29 bits per heavy atom. The van der Waals surface area contributed by atoms with E-state index in [9.17, 15) is 4.79 Å². The van der Waals surface area contributed by atoms with Gasteiger partial charge in [-0.25, -0.2) is 4.98 Å². The topological polar surface area (TPSA) is 95.7 Å². The number of nitrogens with one attached hydrogen (secondary N) is 3. The molecule has 4 rings (SSSR count). The minimum absolute atomic E-state index is 0.169. The minimum atomic E-state index is -0.169. The van der Waals surface area contributed by atoms with E-state index in [0.29, 0.717) is 18.7 Å². The molecule has 3 aromatic rings. The van der Waals surface area contributed by atoms with Crippen molar-refractivity contribution >= 4 is 5.91 Å². The molecule has 0 atom stereocenters. The van der Waals surface area contributed by atoms with Crippen LogP contribution >= 0.6 is 0 Å². The molecule has 1 amide bonds. The molecule has 2 aromatic heterocycles. The third-order valence-corrected chi connectivity index (χ3v) is 4.04. The van der Waals surface area contributed by atoms with Crippen molar-refractivity contribution in [1.82, 2.24) is 25.5 Å². The van der Waals surface area contributed by atoms with Crippen LogP contribution in [0.5, 0.6) is 5.75 Å². The Bertz CT molecular complexity index is 854. The summed E-state index contributed by atoms with van der Waals surface area (Å²) in [6.45, 7) is 1.26. The summed E-state index contributed by atoms with van der Waals surface area (Å²) in [5, 5.41) is 9.92. The molecule has 24 heavy (non-hydrogen) atoms. The van der Waals surface area contributed by atoms with Gasteiger partial charge in [0.25, 0.3) is 5.91 Å². The summed E-state index contributed by atoms with van der Waals surface area (Å²) in [6.07, 6.45) is 4.99. The Balaban J connectivity index is 1.41. The molecule has 0 fully saturated rings. The summed E-state index contributed by atoms with van der Waals surface area (Å²) in [4.78, 5) is 19.1. The van der Waals surface area contributed by atoms with Gasteiger partial charge in [0, 0.05) is 36.8 Å². The van der Waals surface area contributed by atoms with Gasteiger partial charge in [0.05, 0.1) is 18.6 Å². The summed E-state index contributed by atoms with van der Waals surface area (Å²) in [7, 11) is 0. The van der Waals surface area contributed by atoms with Crippen LogP contribution in [0.15, 0.2) is 36.8 Å². The van der Waals surface area contributed by atoms with Crippen molar-refractivity contribution in [3.63, 3.8) is 0 Å². The molecule has 0 spiro atoms. The SMILES string of the molecule is O=C(NCCc1cnc[nH]1)c1cc(-c2ccc3c(c2)CCO3)n[nH]1. The molecule has 0 bridgehead atoms. The Morgan fingerprint density at radius 1 is 1.33 bits per heavy atom. The molecule has 0 radical (unpaired) electrons. The number of H-pyrrole nitrogens is 2. The Labute approximate surface area is 138 Å². The van der Waals surface area contributed by atoms with Gasteiger partial charge in [-0.05, 0) is 29.8 Å². The van der Waals surface area contributed by atoms with Gasteiger partial charge in [0.2, 0.25) is 0 Å². The average molecular weight is 323 g/mol. The molecule has 3 N–H and O–H groups in total. The van der Waals surface area contributed by atoms with Crippen molar-refractivity contribution in [3.05, 3.63) is 53.7 Å². The van der Waals surface area contributed by atoms with Gasteiger partial charge in [0.1, 0.15) is 11.4 Å². The number of hydrogen-bond acceptors (Lipinski definition) is 4.